The van der Waals surface area contributed by atoms with Crippen LogP contribution >= 0.6 is 11.6 Å². The maximum atomic E-state index is 5.65. The van der Waals surface area contributed by atoms with Crippen LogP contribution in [0.15, 0.2) is 48.1 Å². The van der Waals surface area contributed by atoms with E-state index in [2.05, 4.69) is 19.7 Å². The van der Waals surface area contributed by atoms with Gasteiger partial charge >= 0.3 is 0 Å². The van der Waals surface area contributed by atoms with Gasteiger partial charge in [-0.15, -0.1) is 0 Å². The van der Waals surface area contributed by atoms with Gasteiger partial charge in [0.1, 0.15) is 0 Å². The lowest BCUT2D eigenvalue weighted by atomic mass is 10.1. The molecule has 0 saturated heterocycles. The molecular weight excluding hydrogens is 144 g/mol. The molecule has 0 rings (SSSR count). The molecule has 0 aliphatic heterocycles. The van der Waals surface area contributed by atoms with Crippen LogP contribution < -0.4 is 0 Å². The highest BCUT2D eigenvalue weighted by Crippen LogP contribution is 2.11. The van der Waals surface area contributed by atoms with Gasteiger partial charge in [-0.1, -0.05) is 43.0 Å². The Morgan fingerprint density at radius 3 is 2.20 bits per heavy atom. The van der Waals surface area contributed by atoms with E-state index in [1.54, 1.807) is 12.2 Å². The van der Waals surface area contributed by atoms with Crippen LogP contribution in [0.5, 0.6) is 0 Å². The largest absolute Gasteiger partial charge is 0.0976 e. The number of hydrogen-bond donors (Lipinski definition) is 0. The fourth-order valence-electron chi connectivity index (χ4n) is 0.349. The van der Waals surface area contributed by atoms with Crippen molar-refractivity contribution in [3.05, 3.63) is 48.1 Å². The van der Waals surface area contributed by atoms with Crippen molar-refractivity contribution in [2.75, 3.05) is 0 Å². The van der Waals surface area contributed by atoms with Gasteiger partial charge in [0.15, 0.2) is 0 Å². The first-order chi connectivity index (χ1) is 4.57. The van der Waals surface area contributed by atoms with E-state index in [0.717, 1.165) is 11.1 Å². The van der Waals surface area contributed by atoms with Crippen molar-refractivity contribution in [3.63, 3.8) is 0 Å². The molecule has 0 bridgehead atoms. The highest BCUT2D eigenvalue weighted by atomic mass is 35.5. The average Bonchev–Trinajstić information content (AvgIpc) is 1.87. The van der Waals surface area contributed by atoms with Crippen LogP contribution in [0, 0.1) is 0 Å². The molecule has 0 radical (unpaired) electrons. The summed E-state index contributed by atoms with van der Waals surface area (Å²) in [4.78, 5) is 0. The molecule has 1 heteroatoms. The lowest BCUT2D eigenvalue weighted by Gasteiger charge is -1.95. The molecule has 0 atom stereocenters. The van der Waals surface area contributed by atoms with Crippen molar-refractivity contribution in [1.82, 2.24) is 0 Å². The molecule has 0 fully saturated rings. The van der Waals surface area contributed by atoms with Crippen molar-refractivity contribution in [1.29, 1.82) is 0 Å². The number of allylic oxidation sites excluding steroid dienone is 5. The van der Waals surface area contributed by atoms with Gasteiger partial charge in [0.2, 0.25) is 0 Å². The first-order valence-corrected chi connectivity index (χ1v) is 3.30. The zero-order chi connectivity index (χ0) is 8.15. The molecule has 0 heterocycles. The Hall–Kier alpha value is -0.750. The molecule has 0 nitrogen and oxygen atoms in total. The summed E-state index contributed by atoms with van der Waals surface area (Å²) in [5.74, 6) is 0. The molecule has 10 heavy (non-hydrogen) atoms. The Bertz CT molecular complexity index is 197. The standard InChI is InChI=1S/C9H11Cl/c1-5-9(10)6-8(4)7(2)3/h5-6H,1-2,4H2,3H3/b9-6+. The lowest BCUT2D eigenvalue weighted by molar-refractivity contribution is 1.47. The first-order valence-electron chi connectivity index (χ1n) is 2.92. The summed E-state index contributed by atoms with van der Waals surface area (Å²) in [6, 6.07) is 0. The molecule has 0 N–H and O–H groups in total. The number of rotatable bonds is 3. The SMILES string of the molecule is C=C/C(Cl)=C\C(=C)C(=C)C. The first kappa shape index (κ1) is 9.25. The Morgan fingerprint density at radius 2 is 1.90 bits per heavy atom. The molecule has 0 spiro atoms. The molecule has 0 aliphatic rings. The molecule has 0 aromatic heterocycles. The maximum absolute atomic E-state index is 5.65. The van der Waals surface area contributed by atoms with E-state index < -0.39 is 0 Å². The van der Waals surface area contributed by atoms with Crippen LogP contribution in [0.25, 0.3) is 0 Å². The second-order valence-corrected chi connectivity index (χ2v) is 2.48. The van der Waals surface area contributed by atoms with Gasteiger partial charge in [0, 0.05) is 5.03 Å². The summed E-state index contributed by atoms with van der Waals surface area (Å²) in [5, 5.41) is 0.591. The van der Waals surface area contributed by atoms with Gasteiger partial charge in [-0.2, -0.15) is 0 Å². The summed E-state index contributed by atoms with van der Waals surface area (Å²) >= 11 is 5.65. The second kappa shape index (κ2) is 4.13. The quantitative estimate of drug-likeness (QED) is 0.547. The fourth-order valence-corrected chi connectivity index (χ4v) is 0.480. The number of hydrogen-bond acceptors (Lipinski definition) is 0. The van der Waals surface area contributed by atoms with Crippen molar-refractivity contribution < 1.29 is 0 Å². The summed E-state index contributed by atoms with van der Waals surface area (Å²) in [5.41, 5.74) is 1.75. The lowest BCUT2D eigenvalue weighted by Crippen LogP contribution is -1.75. The minimum Gasteiger partial charge on any atom is -0.0976 e. The van der Waals surface area contributed by atoms with Crippen molar-refractivity contribution in [2.24, 2.45) is 0 Å². The molecule has 0 aromatic carbocycles. The topological polar surface area (TPSA) is 0 Å². The van der Waals surface area contributed by atoms with Crippen LogP contribution in [-0.4, -0.2) is 0 Å². The third-order valence-electron chi connectivity index (χ3n) is 1.06. The molecule has 0 aromatic rings. The third kappa shape index (κ3) is 3.31. The maximum Gasteiger partial charge on any atom is 0.0405 e. The molecule has 0 unspecified atom stereocenters. The highest BCUT2D eigenvalue weighted by molar-refractivity contribution is 6.31. The van der Waals surface area contributed by atoms with E-state index in [4.69, 9.17) is 11.6 Å². The molecule has 0 aliphatic carbocycles. The summed E-state index contributed by atoms with van der Waals surface area (Å²) < 4.78 is 0. The van der Waals surface area contributed by atoms with Gasteiger partial charge in [-0.05, 0) is 18.6 Å². The van der Waals surface area contributed by atoms with Gasteiger partial charge in [0.25, 0.3) is 0 Å². The van der Waals surface area contributed by atoms with Crippen LogP contribution in [0.4, 0.5) is 0 Å². The monoisotopic (exact) mass is 154 g/mol. The molecular formula is C9H11Cl. The van der Waals surface area contributed by atoms with Crippen molar-refractivity contribution in [3.8, 4) is 0 Å². The predicted octanol–water partition coefficient (Wildman–Crippen LogP) is 3.43. The van der Waals surface area contributed by atoms with E-state index >= 15 is 0 Å². The van der Waals surface area contributed by atoms with Crippen LogP contribution in [0.1, 0.15) is 6.92 Å². The van der Waals surface area contributed by atoms with Crippen molar-refractivity contribution in [2.45, 2.75) is 6.92 Å². The van der Waals surface area contributed by atoms with Crippen LogP contribution in [0.2, 0.25) is 0 Å². The Kier molecular flexibility index (Phi) is 3.82. The van der Waals surface area contributed by atoms with Crippen LogP contribution in [0.3, 0.4) is 0 Å². The zero-order valence-corrected chi connectivity index (χ0v) is 6.91. The second-order valence-electron chi connectivity index (χ2n) is 2.04. The minimum absolute atomic E-state index is 0.591. The number of halogens is 1. The normalized spacial score (nSPS) is 10.8. The summed E-state index contributed by atoms with van der Waals surface area (Å²) in [6.45, 7) is 12.8. The van der Waals surface area contributed by atoms with Gasteiger partial charge in [-0.25, -0.2) is 0 Å². The Morgan fingerprint density at radius 1 is 1.40 bits per heavy atom. The van der Waals surface area contributed by atoms with E-state index in [1.165, 1.54) is 0 Å². The van der Waals surface area contributed by atoms with Gasteiger partial charge in [0.05, 0.1) is 0 Å². The van der Waals surface area contributed by atoms with E-state index in [-0.39, 0.29) is 0 Å². The van der Waals surface area contributed by atoms with Crippen molar-refractivity contribution >= 4 is 11.6 Å². The minimum atomic E-state index is 0.591. The summed E-state index contributed by atoms with van der Waals surface area (Å²) in [6.07, 6.45) is 3.30. The zero-order valence-electron chi connectivity index (χ0n) is 6.15. The molecule has 0 amide bonds. The van der Waals surface area contributed by atoms with E-state index in [0.29, 0.717) is 5.03 Å². The van der Waals surface area contributed by atoms with E-state index in [9.17, 15) is 0 Å². The van der Waals surface area contributed by atoms with Gasteiger partial charge < -0.3 is 0 Å². The fraction of sp³-hybridized carbons (Fsp3) is 0.111. The predicted molar refractivity (Wildman–Crippen MR) is 48.1 cm³/mol. The Balaban J connectivity index is 4.27. The molecule has 54 valence electrons. The van der Waals surface area contributed by atoms with Crippen LogP contribution in [-0.2, 0) is 0 Å². The summed E-state index contributed by atoms with van der Waals surface area (Å²) in [7, 11) is 0. The smallest absolute Gasteiger partial charge is 0.0405 e. The van der Waals surface area contributed by atoms with Gasteiger partial charge in [-0.3, -0.25) is 0 Å². The highest BCUT2D eigenvalue weighted by Gasteiger charge is 1.89. The Labute approximate surface area is 67.2 Å². The molecule has 0 saturated carbocycles. The van der Waals surface area contributed by atoms with E-state index in [1.807, 2.05) is 6.92 Å². The average molecular weight is 155 g/mol. The third-order valence-corrected chi connectivity index (χ3v) is 1.32.